The lowest BCUT2D eigenvalue weighted by molar-refractivity contribution is -0.127. The number of nitrogens with zero attached hydrogens (tertiary/aromatic N) is 1. The quantitative estimate of drug-likeness (QED) is 0.672. The topological polar surface area (TPSA) is 20.3 Å². The second-order valence-electron chi connectivity index (χ2n) is 2.52. The van der Waals surface area contributed by atoms with Crippen molar-refractivity contribution < 1.29 is 4.79 Å². The summed E-state index contributed by atoms with van der Waals surface area (Å²) in [6.07, 6.45) is 2.70. The maximum absolute atomic E-state index is 11.5. The summed E-state index contributed by atoms with van der Waals surface area (Å²) in [5.41, 5.74) is 0.957. The molecule has 0 radical (unpaired) electrons. The number of alkyl halides is 2. The van der Waals surface area contributed by atoms with Crippen LogP contribution < -0.4 is 0 Å². The minimum absolute atomic E-state index is 0.249. The Morgan fingerprint density at radius 1 is 1.46 bits per heavy atom. The fourth-order valence-corrected chi connectivity index (χ4v) is 1.40. The third kappa shape index (κ3) is 3.57. The average Bonchev–Trinajstić information content (AvgIpc) is 2.12. The minimum atomic E-state index is -0.971. The lowest BCUT2D eigenvalue weighted by Gasteiger charge is -2.23. The van der Waals surface area contributed by atoms with E-state index in [9.17, 15) is 4.79 Å². The highest BCUT2D eigenvalue weighted by Gasteiger charge is 2.20. The smallest absolute Gasteiger partial charge is 0.259 e. The van der Waals surface area contributed by atoms with Gasteiger partial charge < -0.3 is 4.90 Å². The molecule has 0 saturated carbocycles. The van der Waals surface area contributed by atoms with Crippen molar-refractivity contribution in [1.82, 2.24) is 4.90 Å². The van der Waals surface area contributed by atoms with Crippen molar-refractivity contribution in [2.24, 2.45) is 0 Å². The first-order chi connectivity index (χ1) is 6.08. The van der Waals surface area contributed by atoms with Crippen molar-refractivity contribution in [3.63, 3.8) is 0 Å². The second-order valence-corrected chi connectivity index (χ2v) is 3.61. The van der Waals surface area contributed by atoms with E-state index in [-0.39, 0.29) is 5.91 Å². The van der Waals surface area contributed by atoms with Crippen LogP contribution in [0.4, 0.5) is 0 Å². The molecule has 0 rings (SSSR count). The summed E-state index contributed by atoms with van der Waals surface area (Å²) in [6.45, 7) is 6.38. The number of hydrogen-bond donors (Lipinski definition) is 0. The van der Waals surface area contributed by atoms with Crippen molar-refractivity contribution in [3.05, 3.63) is 11.8 Å². The molecule has 0 aromatic rings. The van der Waals surface area contributed by atoms with Gasteiger partial charge in [0.1, 0.15) is 0 Å². The zero-order chi connectivity index (χ0) is 10.4. The van der Waals surface area contributed by atoms with Crippen LogP contribution in [-0.2, 0) is 4.79 Å². The molecule has 0 aliphatic heterocycles. The predicted octanol–water partition coefficient (Wildman–Crippen LogP) is 2.95. The van der Waals surface area contributed by atoms with Crippen LogP contribution >= 0.6 is 23.2 Å². The molecule has 76 valence electrons. The van der Waals surface area contributed by atoms with Gasteiger partial charge in [0.15, 0.2) is 4.84 Å². The highest BCUT2D eigenvalue weighted by molar-refractivity contribution is 6.53. The van der Waals surface area contributed by atoms with Crippen LogP contribution in [0, 0.1) is 0 Å². The number of rotatable bonds is 4. The summed E-state index contributed by atoms with van der Waals surface area (Å²) in [4.78, 5) is 12.1. The van der Waals surface area contributed by atoms with Crippen LogP contribution in [0.15, 0.2) is 11.8 Å². The van der Waals surface area contributed by atoms with E-state index in [1.54, 1.807) is 4.90 Å². The molecule has 0 unspecified atom stereocenters. The van der Waals surface area contributed by atoms with Crippen molar-refractivity contribution in [1.29, 1.82) is 0 Å². The molecule has 13 heavy (non-hydrogen) atoms. The molecule has 0 heterocycles. The molecule has 1 amide bonds. The monoisotopic (exact) mass is 223 g/mol. The number of carbonyl (C=O) groups excluding carboxylic acids is 1. The van der Waals surface area contributed by atoms with E-state index in [2.05, 4.69) is 0 Å². The summed E-state index contributed by atoms with van der Waals surface area (Å²) in [7, 11) is 0. The predicted molar refractivity (Wildman–Crippen MR) is 56.9 cm³/mol. The fourth-order valence-electron chi connectivity index (χ4n) is 1.17. The van der Waals surface area contributed by atoms with Crippen LogP contribution in [0.5, 0.6) is 0 Å². The van der Waals surface area contributed by atoms with Gasteiger partial charge in [-0.05, 0) is 20.3 Å². The van der Waals surface area contributed by atoms with E-state index in [4.69, 9.17) is 23.2 Å². The summed E-state index contributed by atoms with van der Waals surface area (Å²) in [5.74, 6) is -0.249. The van der Waals surface area contributed by atoms with Gasteiger partial charge in [-0.15, -0.1) is 0 Å². The third-order valence-corrected chi connectivity index (χ3v) is 2.18. The Bertz CT molecular complexity index is 202. The van der Waals surface area contributed by atoms with Crippen LogP contribution in [0.2, 0.25) is 0 Å². The SMILES string of the molecule is CC=C(CC)N(CC)C(=O)C(Cl)Cl. The van der Waals surface area contributed by atoms with E-state index < -0.39 is 4.84 Å². The molecule has 0 aromatic carbocycles. The summed E-state index contributed by atoms with van der Waals surface area (Å²) >= 11 is 11.0. The first-order valence-corrected chi connectivity index (χ1v) is 5.20. The minimum Gasteiger partial charge on any atom is -0.314 e. The largest absolute Gasteiger partial charge is 0.314 e. The van der Waals surface area contributed by atoms with Crippen LogP contribution in [-0.4, -0.2) is 22.2 Å². The van der Waals surface area contributed by atoms with E-state index in [1.807, 2.05) is 26.8 Å². The lowest BCUT2D eigenvalue weighted by Crippen LogP contribution is -2.33. The molecule has 0 spiro atoms. The Balaban J connectivity index is 4.59. The van der Waals surface area contributed by atoms with Gasteiger partial charge in [0.2, 0.25) is 0 Å². The maximum Gasteiger partial charge on any atom is 0.259 e. The molecule has 0 atom stereocenters. The first kappa shape index (κ1) is 12.8. The van der Waals surface area contributed by atoms with E-state index in [1.165, 1.54) is 0 Å². The van der Waals surface area contributed by atoms with Crippen molar-refractivity contribution in [3.8, 4) is 0 Å². The molecule has 0 saturated heterocycles. The van der Waals surface area contributed by atoms with Crippen molar-refractivity contribution in [2.45, 2.75) is 32.0 Å². The zero-order valence-corrected chi connectivity index (χ0v) is 9.69. The van der Waals surface area contributed by atoms with Gasteiger partial charge in [-0.1, -0.05) is 36.2 Å². The molecular weight excluding hydrogens is 209 g/mol. The highest BCUT2D eigenvalue weighted by Crippen LogP contribution is 2.14. The summed E-state index contributed by atoms with van der Waals surface area (Å²) in [6, 6.07) is 0. The first-order valence-electron chi connectivity index (χ1n) is 4.33. The number of halogens is 2. The molecule has 0 N–H and O–H groups in total. The maximum atomic E-state index is 11.5. The Hall–Kier alpha value is -0.210. The van der Waals surface area contributed by atoms with Gasteiger partial charge >= 0.3 is 0 Å². The molecule has 0 aliphatic carbocycles. The Morgan fingerprint density at radius 3 is 2.23 bits per heavy atom. The number of carbonyl (C=O) groups is 1. The fraction of sp³-hybridized carbons (Fsp3) is 0.667. The van der Waals surface area contributed by atoms with Crippen molar-refractivity contribution in [2.75, 3.05) is 6.54 Å². The van der Waals surface area contributed by atoms with Crippen LogP contribution in [0.1, 0.15) is 27.2 Å². The molecule has 0 aliphatic rings. The normalized spacial score (nSPS) is 12.0. The Kier molecular flexibility index (Phi) is 6.17. The average molecular weight is 224 g/mol. The van der Waals surface area contributed by atoms with Crippen LogP contribution in [0.25, 0.3) is 0 Å². The van der Waals surface area contributed by atoms with E-state index in [0.29, 0.717) is 6.54 Å². The van der Waals surface area contributed by atoms with E-state index in [0.717, 1.165) is 12.1 Å². The zero-order valence-electron chi connectivity index (χ0n) is 8.18. The van der Waals surface area contributed by atoms with Crippen LogP contribution in [0.3, 0.4) is 0 Å². The molecule has 0 fully saturated rings. The van der Waals surface area contributed by atoms with Gasteiger partial charge in [0.25, 0.3) is 5.91 Å². The number of allylic oxidation sites excluding steroid dienone is 2. The standard InChI is InChI=1S/C9H15Cl2NO/c1-4-7(5-2)12(6-3)9(13)8(10)11/h4,8H,5-6H2,1-3H3. The Labute approximate surface area is 89.5 Å². The molecule has 0 aromatic heterocycles. The lowest BCUT2D eigenvalue weighted by atomic mass is 10.3. The third-order valence-electron chi connectivity index (χ3n) is 1.81. The van der Waals surface area contributed by atoms with Gasteiger partial charge in [-0.2, -0.15) is 0 Å². The van der Waals surface area contributed by atoms with Gasteiger partial charge in [-0.25, -0.2) is 0 Å². The number of amides is 1. The summed E-state index contributed by atoms with van der Waals surface area (Å²) < 4.78 is 0. The van der Waals surface area contributed by atoms with Gasteiger partial charge in [0.05, 0.1) is 0 Å². The Morgan fingerprint density at radius 2 is 2.00 bits per heavy atom. The highest BCUT2D eigenvalue weighted by atomic mass is 35.5. The second kappa shape index (κ2) is 6.28. The van der Waals surface area contributed by atoms with E-state index >= 15 is 0 Å². The van der Waals surface area contributed by atoms with Gasteiger partial charge in [0, 0.05) is 12.2 Å². The molecule has 4 heteroatoms. The molecule has 2 nitrogen and oxygen atoms in total. The number of hydrogen-bond acceptors (Lipinski definition) is 1. The molecule has 0 bridgehead atoms. The van der Waals surface area contributed by atoms with Gasteiger partial charge in [-0.3, -0.25) is 4.79 Å². The van der Waals surface area contributed by atoms with Crippen molar-refractivity contribution >= 4 is 29.1 Å². The molecular formula is C9H15Cl2NO. The summed E-state index contributed by atoms with van der Waals surface area (Å²) in [5, 5.41) is 0.